The Balaban J connectivity index is 0.000000450. The molecular weight excluding hydrogens is 1510 g/mol. The van der Waals surface area contributed by atoms with Crippen LogP contribution in [0.4, 0.5) is 44.3 Å². The number of halogens is 9. The van der Waals surface area contributed by atoms with Crippen LogP contribution in [0.25, 0.3) is 0 Å². The highest BCUT2D eigenvalue weighted by atomic mass is 19.4. The smallest absolute Gasteiger partial charge is 0.407 e. The van der Waals surface area contributed by atoms with E-state index in [0.717, 1.165) is 185 Å². The molecule has 8 aliphatic rings. The van der Waals surface area contributed by atoms with Gasteiger partial charge in [0.2, 0.25) is 17.7 Å². The average molecular weight is 1670 g/mol. The van der Waals surface area contributed by atoms with Crippen LogP contribution in [0, 0.1) is 91.7 Å². The molecule has 5 aliphatic heterocycles. The minimum Gasteiger partial charge on any atom is -0.462 e. The Morgan fingerprint density at radius 1 is 0.560 bits per heavy atom. The largest absolute Gasteiger partial charge is 0.462 e. The third kappa shape index (κ3) is 45.1. The molecule has 116 heavy (non-hydrogen) atoms. The number of esters is 1. The average Bonchev–Trinajstić information content (AvgIpc) is 0.935. The molecule has 1 aromatic heterocycles. The quantitative estimate of drug-likeness (QED) is 0.140. The van der Waals surface area contributed by atoms with Crippen molar-refractivity contribution in [1.29, 1.82) is 5.26 Å². The second kappa shape index (κ2) is 49.9. The van der Waals surface area contributed by atoms with Crippen molar-refractivity contribution < 1.29 is 78.1 Å². The SMILES string of the molecule is CC(C)(C)C1(C)CCN(C(=O)CC#N)CC1.CC(C)(C)C1CCN(CCC(F)(F)F)CC1.CC(C)(C)C1CCN(CCC(F)(F)F)CC1.CC1(O)CCCC(C(C)(C)C)C1.CC1CCN(C(=O)CC(F)(F)F)CC1.CC1CCN(C(=O)Cn2ccnc2)CC1.CCC(=O)OC1CCC(C(C)C)CC1.COC(=O)N[C@@H]1CCC(C(C)C)C1. The van der Waals surface area contributed by atoms with E-state index in [9.17, 15) is 68.6 Å². The number of nitriles is 1. The third-order valence-corrected chi connectivity index (χ3v) is 26.2. The molecule has 5 saturated heterocycles. The molecule has 0 bridgehead atoms. The van der Waals surface area contributed by atoms with Gasteiger partial charge < -0.3 is 49.0 Å². The molecule has 26 heteroatoms. The van der Waals surface area contributed by atoms with Crippen molar-refractivity contribution in [3.05, 3.63) is 18.7 Å². The standard InChI is InChI=1S/C13H22N2O.2C12H22F3N.C12H22O2.C11H17N3O.C11H22O.C10H19NO2.C9H14F3NO/c1-12(2,3)13(4)6-9-15(10-7-13)11(16)5-8-14;2*1-11(2,3)10-4-7-16(8-5-10)9-6-12(13,14)15;1-4-12(13)14-11-7-5-10(6-8-11)9(2)3;1-10-2-5-14(6-3-10)11(15)8-13-7-4-12-9-13;1-10(2,3)9-6-5-7-11(4,12)8-9;1-7(2)8-4-5-9(6-8)11-10(12)13-3;1-7-2-4-13(5-3-7)8(14)6-9(10,11)12/h5-7,9-10H2,1-4H3;2*10H,4-9H2,1-3H3;9-11H,4-8H2,1-3H3;4,7,9-10H,2-3,5-6,8H2,1H3;9,12H,5-8H2,1-4H3;7-9H,4-6H2,1-3H3,(H,11,12);7H,2-6H2,1H3/t;;;;;;8?,9-;/m......1./s1. The number of amides is 4. The molecule has 3 saturated carbocycles. The van der Waals surface area contributed by atoms with Crippen LogP contribution in [0.2, 0.25) is 0 Å². The lowest BCUT2D eigenvalue weighted by Gasteiger charge is -2.47. The van der Waals surface area contributed by atoms with Gasteiger partial charge in [-0.15, -0.1) is 0 Å². The van der Waals surface area contributed by atoms with Crippen LogP contribution in [0.15, 0.2) is 18.7 Å². The summed E-state index contributed by atoms with van der Waals surface area (Å²) in [5, 5.41) is 21.3. The molecule has 8 fully saturated rings. The molecule has 676 valence electrons. The summed E-state index contributed by atoms with van der Waals surface area (Å²) in [5.41, 5.74) is 1.13. The molecule has 1 aromatic rings. The van der Waals surface area contributed by atoms with Crippen LogP contribution in [-0.2, 0) is 35.2 Å². The van der Waals surface area contributed by atoms with Gasteiger partial charge in [0.25, 0.3) is 0 Å². The summed E-state index contributed by atoms with van der Waals surface area (Å²) in [6, 6.07) is 2.26. The first-order chi connectivity index (χ1) is 53.4. The van der Waals surface area contributed by atoms with Gasteiger partial charge in [-0.3, -0.25) is 19.2 Å². The highest BCUT2D eigenvalue weighted by molar-refractivity contribution is 5.78. The first-order valence-electron chi connectivity index (χ1n) is 44.0. The Labute approximate surface area is 695 Å². The number of likely N-dealkylation sites (tertiary alicyclic amines) is 5. The van der Waals surface area contributed by atoms with E-state index < -0.39 is 49.3 Å². The maximum absolute atomic E-state index is 12.0. The molecule has 4 atom stereocenters. The normalized spacial score (nSPS) is 23.8. The number of alkyl carbamates (subject to hydrolysis) is 1. The monoisotopic (exact) mass is 1670 g/mol. The van der Waals surface area contributed by atoms with Gasteiger partial charge in [-0.05, 0) is 242 Å². The summed E-state index contributed by atoms with van der Waals surface area (Å²) < 4.78 is 120. The number of methoxy groups -OCH3 is 1. The Morgan fingerprint density at radius 2 is 0.991 bits per heavy atom. The maximum Gasteiger partial charge on any atom is 0.407 e. The Hall–Kier alpha value is -4.90. The van der Waals surface area contributed by atoms with Crippen molar-refractivity contribution in [3.63, 3.8) is 0 Å². The number of carbonyl (C=O) groups is 5. The lowest BCUT2D eigenvalue weighted by atomic mass is 9.63. The zero-order valence-corrected chi connectivity index (χ0v) is 75.9. The number of rotatable bonds is 13. The summed E-state index contributed by atoms with van der Waals surface area (Å²) in [6.45, 7) is 54.7. The van der Waals surface area contributed by atoms with Crippen LogP contribution in [0.5, 0.6) is 0 Å². The van der Waals surface area contributed by atoms with E-state index in [-0.39, 0.29) is 65.7 Å². The molecule has 3 aliphatic carbocycles. The van der Waals surface area contributed by atoms with Crippen LogP contribution in [-0.4, -0.2) is 191 Å². The number of aliphatic hydroxyl groups is 1. The van der Waals surface area contributed by atoms with Crippen molar-refractivity contribution in [2.45, 2.75) is 355 Å². The van der Waals surface area contributed by atoms with Gasteiger partial charge in [-0.25, -0.2) is 9.78 Å². The van der Waals surface area contributed by atoms with Gasteiger partial charge in [-0.1, -0.05) is 145 Å². The summed E-state index contributed by atoms with van der Waals surface area (Å²) in [4.78, 5) is 69.4. The van der Waals surface area contributed by atoms with Gasteiger partial charge >= 0.3 is 30.6 Å². The molecule has 4 amide bonds. The topological polar surface area (TPSA) is 194 Å². The molecule has 17 nitrogen and oxygen atoms in total. The van der Waals surface area contributed by atoms with Gasteiger partial charge in [0, 0.05) is 77.2 Å². The second-order valence-corrected chi connectivity index (χ2v) is 40.3. The molecule has 0 aromatic carbocycles. The number of hydrogen-bond donors (Lipinski definition) is 2. The zero-order valence-electron chi connectivity index (χ0n) is 75.9. The molecule has 0 spiro atoms. The number of carbonyl (C=O) groups excluding carboxylic acids is 5. The number of alkyl halides is 9. The molecule has 3 unspecified atom stereocenters. The van der Waals surface area contributed by atoms with E-state index >= 15 is 0 Å². The lowest BCUT2D eigenvalue weighted by molar-refractivity contribution is -0.162. The highest BCUT2D eigenvalue weighted by Crippen LogP contribution is 2.47. The minimum absolute atomic E-state index is 0.0153. The van der Waals surface area contributed by atoms with Crippen molar-refractivity contribution >= 4 is 29.8 Å². The number of hydrogen-bond acceptors (Lipinski definition) is 12. The van der Waals surface area contributed by atoms with Gasteiger partial charge in [0.1, 0.15) is 25.5 Å². The second-order valence-electron chi connectivity index (χ2n) is 40.3. The van der Waals surface area contributed by atoms with Gasteiger partial charge in [0.05, 0.1) is 37.9 Å². The van der Waals surface area contributed by atoms with Crippen LogP contribution in [0.3, 0.4) is 0 Å². The Bertz CT molecular complexity index is 2890. The van der Waals surface area contributed by atoms with Crippen molar-refractivity contribution in [3.8, 4) is 6.07 Å². The van der Waals surface area contributed by atoms with Crippen molar-refractivity contribution in [2.75, 3.05) is 85.6 Å². The van der Waals surface area contributed by atoms with Gasteiger partial charge in [0.15, 0.2) is 0 Å². The number of imidazole rings is 1. The van der Waals surface area contributed by atoms with E-state index in [1.807, 2.05) is 57.2 Å². The fourth-order valence-electron chi connectivity index (χ4n) is 16.6. The summed E-state index contributed by atoms with van der Waals surface area (Å²) in [6.07, 6.45) is 13.1. The number of aromatic nitrogens is 2. The summed E-state index contributed by atoms with van der Waals surface area (Å²) in [5.74, 6) is 5.74. The summed E-state index contributed by atoms with van der Waals surface area (Å²) >= 11 is 0. The van der Waals surface area contributed by atoms with E-state index in [1.54, 1.807) is 12.5 Å². The van der Waals surface area contributed by atoms with E-state index in [0.29, 0.717) is 66.6 Å². The maximum atomic E-state index is 12.0. The summed E-state index contributed by atoms with van der Waals surface area (Å²) in [7, 11) is 1.41. The number of nitrogens with zero attached hydrogens (tertiary/aromatic N) is 8. The third-order valence-electron chi connectivity index (χ3n) is 26.2. The predicted molar refractivity (Wildman–Crippen MR) is 446 cm³/mol. The van der Waals surface area contributed by atoms with E-state index in [1.165, 1.54) is 44.1 Å². The molecule has 0 radical (unpaired) electrons. The van der Waals surface area contributed by atoms with Crippen molar-refractivity contribution in [1.82, 2.24) is 39.4 Å². The highest BCUT2D eigenvalue weighted by Gasteiger charge is 2.42. The first-order valence-corrected chi connectivity index (χ1v) is 44.0. The van der Waals surface area contributed by atoms with Gasteiger partial charge in [-0.2, -0.15) is 44.8 Å². The Morgan fingerprint density at radius 3 is 1.34 bits per heavy atom. The lowest BCUT2D eigenvalue weighted by Crippen LogP contribution is -2.46. The molecular formula is C90H160F9N9O8. The van der Waals surface area contributed by atoms with E-state index in [4.69, 9.17) is 10.00 Å². The van der Waals surface area contributed by atoms with Crippen molar-refractivity contribution in [2.24, 2.45) is 80.3 Å². The van der Waals surface area contributed by atoms with Crippen LogP contribution >= 0.6 is 0 Å². The molecule has 9 rings (SSSR count). The fourth-order valence-corrected chi connectivity index (χ4v) is 16.6. The Kier molecular flexibility index (Phi) is 46.1. The number of nitrogens with one attached hydrogen (secondary N) is 1. The zero-order chi connectivity index (χ0) is 88.4. The fraction of sp³-hybridized carbons (Fsp3) is 0.900. The molecule has 2 N–H and O–H groups in total. The number of ether oxygens (including phenoxy) is 2. The minimum atomic E-state index is -4.37. The van der Waals surface area contributed by atoms with E-state index in [2.05, 4.69) is 140 Å². The van der Waals surface area contributed by atoms with Crippen LogP contribution in [0.1, 0.15) is 312 Å². The molecule has 6 heterocycles. The van der Waals surface area contributed by atoms with Crippen LogP contribution < -0.4 is 5.32 Å². The predicted octanol–water partition coefficient (Wildman–Crippen LogP) is 21.6. The first kappa shape index (κ1) is 107. The number of piperidine rings is 5.